The molecule has 0 spiro atoms. The third-order valence-electron chi connectivity index (χ3n) is 4.96. The number of hydrogen-bond donors (Lipinski definition) is 0. The molecule has 4 rings (SSSR count). The number of benzene rings is 2. The minimum atomic E-state index is -3.78. The van der Waals surface area contributed by atoms with Gasteiger partial charge in [0.15, 0.2) is 0 Å². The van der Waals surface area contributed by atoms with Crippen LogP contribution in [0.15, 0.2) is 78.0 Å². The van der Waals surface area contributed by atoms with E-state index in [0.29, 0.717) is 5.56 Å². The van der Waals surface area contributed by atoms with Gasteiger partial charge in [-0.25, -0.2) is 12.8 Å². The second-order valence-corrected chi connectivity index (χ2v) is 8.73. The van der Waals surface area contributed by atoms with Gasteiger partial charge in [0.05, 0.1) is 4.90 Å². The van der Waals surface area contributed by atoms with Crippen LogP contribution in [0.2, 0.25) is 0 Å². The Morgan fingerprint density at radius 1 is 0.862 bits per heavy atom. The maximum atomic E-state index is 13.4. The van der Waals surface area contributed by atoms with Gasteiger partial charge in [0.1, 0.15) is 5.82 Å². The van der Waals surface area contributed by atoms with E-state index in [9.17, 15) is 17.6 Å². The lowest BCUT2D eigenvalue weighted by atomic mass is 10.1. The first-order chi connectivity index (χ1) is 13.9. The van der Waals surface area contributed by atoms with Gasteiger partial charge in [0.25, 0.3) is 5.91 Å². The SMILES string of the molecule is O=C(c1cccc(-n2cccc2)c1)N1CCN(S(=O)(=O)c2cccc(F)c2)CC1. The monoisotopic (exact) mass is 413 g/mol. The van der Waals surface area contributed by atoms with Crippen molar-refractivity contribution in [2.24, 2.45) is 0 Å². The smallest absolute Gasteiger partial charge is 0.254 e. The van der Waals surface area contributed by atoms with Gasteiger partial charge in [-0.2, -0.15) is 4.31 Å². The average molecular weight is 413 g/mol. The highest BCUT2D eigenvalue weighted by atomic mass is 32.2. The van der Waals surface area contributed by atoms with Gasteiger partial charge >= 0.3 is 0 Å². The molecule has 0 radical (unpaired) electrons. The van der Waals surface area contributed by atoms with Crippen LogP contribution in [0, 0.1) is 5.82 Å². The standard InChI is InChI=1S/C21H20FN3O3S/c22-18-6-4-8-20(16-18)29(27,28)25-13-11-24(12-14-25)21(26)17-5-3-7-19(15-17)23-9-1-2-10-23/h1-10,15-16H,11-14H2. The second kappa shape index (κ2) is 7.81. The first-order valence-corrected chi connectivity index (χ1v) is 10.7. The van der Waals surface area contributed by atoms with Crippen molar-refractivity contribution in [3.63, 3.8) is 0 Å². The van der Waals surface area contributed by atoms with Gasteiger partial charge in [-0.15, -0.1) is 0 Å². The van der Waals surface area contributed by atoms with Crippen molar-refractivity contribution in [1.29, 1.82) is 0 Å². The Hall–Kier alpha value is -2.97. The largest absolute Gasteiger partial charge is 0.336 e. The first kappa shape index (κ1) is 19.4. The normalized spacial score (nSPS) is 15.4. The maximum Gasteiger partial charge on any atom is 0.254 e. The van der Waals surface area contributed by atoms with Gasteiger partial charge in [0.2, 0.25) is 10.0 Å². The summed E-state index contributed by atoms with van der Waals surface area (Å²) in [6.07, 6.45) is 3.80. The highest BCUT2D eigenvalue weighted by molar-refractivity contribution is 7.89. The number of amides is 1. The number of halogens is 1. The molecule has 2 aromatic carbocycles. The number of piperazine rings is 1. The maximum absolute atomic E-state index is 13.4. The summed E-state index contributed by atoms with van der Waals surface area (Å²) in [6.45, 7) is 0.895. The van der Waals surface area contributed by atoms with E-state index in [0.717, 1.165) is 11.8 Å². The zero-order chi connectivity index (χ0) is 20.4. The number of aromatic nitrogens is 1. The molecule has 1 aliphatic rings. The lowest BCUT2D eigenvalue weighted by Crippen LogP contribution is -2.50. The molecule has 1 aliphatic heterocycles. The molecule has 150 valence electrons. The number of sulfonamides is 1. The molecule has 29 heavy (non-hydrogen) atoms. The van der Waals surface area contributed by atoms with Crippen molar-refractivity contribution in [3.8, 4) is 5.69 Å². The van der Waals surface area contributed by atoms with E-state index in [-0.39, 0.29) is 37.0 Å². The Morgan fingerprint density at radius 3 is 2.24 bits per heavy atom. The van der Waals surface area contributed by atoms with E-state index >= 15 is 0 Å². The van der Waals surface area contributed by atoms with Crippen LogP contribution in [-0.2, 0) is 10.0 Å². The van der Waals surface area contributed by atoms with Crippen molar-refractivity contribution >= 4 is 15.9 Å². The van der Waals surface area contributed by atoms with Gasteiger partial charge in [-0.1, -0.05) is 12.1 Å². The van der Waals surface area contributed by atoms with E-state index in [2.05, 4.69) is 0 Å². The van der Waals surface area contributed by atoms with Gasteiger partial charge in [0, 0.05) is 49.8 Å². The van der Waals surface area contributed by atoms with Crippen molar-refractivity contribution in [2.75, 3.05) is 26.2 Å². The second-order valence-electron chi connectivity index (χ2n) is 6.79. The highest BCUT2D eigenvalue weighted by Crippen LogP contribution is 2.20. The van der Waals surface area contributed by atoms with Gasteiger partial charge < -0.3 is 9.47 Å². The van der Waals surface area contributed by atoms with E-state index < -0.39 is 15.8 Å². The average Bonchev–Trinajstić information content (AvgIpc) is 3.28. The highest BCUT2D eigenvalue weighted by Gasteiger charge is 2.30. The molecular formula is C21H20FN3O3S. The van der Waals surface area contributed by atoms with E-state index in [1.165, 1.54) is 22.5 Å². The molecule has 0 bridgehead atoms. The molecule has 1 saturated heterocycles. The van der Waals surface area contributed by atoms with Crippen LogP contribution >= 0.6 is 0 Å². The fourth-order valence-corrected chi connectivity index (χ4v) is 4.85. The van der Waals surface area contributed by atoms with Gasteiger partial charge in [-0.3, -0.25) is 4.79 Å². The molecule has 8 heteroatoms. The van der Waals surface area contributed by atoms with Crippen LogP contribution in [0.5, 0.6) is 0 Å². The summed E-state index contributed by atoms with van der Waals surface area (Å²) in [5.74, 6) is -0.732. The van der Waals surface area contributed by atoms with Crippen LogP contribution in [0.1, 0.15) is 10.4 Å². The molecule has 0 atom stereocenters. The lowest BCUT2D eigenvalue weighted by Gasteiger charge is -2.34. The van der Waals surface area contributed by atoms with Crippen LogP contribution in [0.25, 0.3) is 5.69 Å². The van der Waals surface area contributed by atoms with Crippen molar-refractivity contribution < 1.29 is 17.6 Å². The Kier molecular flexibility index (Phi) is 5.21. The first-order valence-electron chi connectivity index (χ1n) is 9.23. The van der Waals surface area contributed by atoms with E-state index in [1.807, 2.05) is 47.3 Å². The van der Waals surface area contributed by atoms with E-state index in [4.69, 9.17) is 0 Å². The summed E-state index contributed by atoms with van der Waals surface area (Å²) < 4.78 is 42.1. The summed E-state index contributed by atoms with van der Waals surface area (Å²) in [4.78, 5) is 14.5. The molecule has 2 heterocycles. The molecule has 1 fully saturated rings. The zero-order valence-corrected chi connectivity index (χ0v) is 16.4. The van der Waals surface area contributed by atoms with Gasteiger partial charge in [-0.05, 0) is 48.5 Å². The molecule has 0 N–H and O–H groups in total. The fourth-order valence-electron chi connectivity index (χ4n) is 3.40. The van der Waals surface area contributed by atoms with Crippen molar-refractivity contribution in [2.45, 2.75) is 4.90 Å². The summed E-state index contributed by atoms with van der Waals surface area (Å²) >= 11 is 0. The quantitative estimate of drug-likeness (QED) is 0.661. The van der Waals surface area contributed by atoms with Crippen LogP contribution < -0.4 is 0 Å². The van der Waals surface area contributed by atoms with Crippen molar-refractivity contribution in [1.82, 2.24) is 13.8 Å². The van der Waals surface area contributed by atoms with E-state index in [1.54, 1.807) is 11.0 Å². The van der Waals surface area contributed by atoms with Crippen LogP contribution in [-0.4, -0.2) is 54.3 Å². The summed E-state index contributed by atoms with van der Waals surface area (Å²) in [7, 11) is -3.78. The summed E-state index contributed by atoms with van der Waals surface area (Å²) in [6, 6.07) is 16.1. The Bertz CT molecular complexity index is 1120. The number of rotatable bonds is 4. The van der Waals surface area contributed by atoms with Crippen LogP contribution in [0.3, 0.4) is 0 Å². The Morgan fingerprint density at radius 2 is 1.55 bits per heavy atom. The fraction of sp³-hybridized carbons (Fsp3) is 0.190. The summed E-state index contributed by atoms with van der Waals surface area (Å²) in [5.41, 5.74) is 1.44. The Labute approximate surface area is 168 Å². The van der Waals surface area contributed by atoms with Crippen LogP contribution in [0.4, 0.5) is 4.39 Å². The third kappa shape index (κ3) is 3.94. The molecule has 0 unspecified atom stereocenters. The number of hydrogen-bond acceptors (Lipinski definition) is 3. The lowest BCUT2D eigenvalue weighted by molar-refractivity contribution is 0.0698. The molecule has 0 aliphatic carbocycles. The van der Waals surface area contributed by atoms with Crippen molar-refractivity contribution in [3.05, 3.63) is 84.4 Å². The minimum Gasteiger partial charge on any atom is -0.336 e. The number of nitrogens with zero attached hydrogens (tertiary/aromatic N) is 3. The molecule has 3 aromatic rings. The number of carbonyl (C=O) groups excluding carboxylic acids is 1. The minimum absolute atomic E-state index is 0.0725. The molecule has 1 amide bonds. The Balaban J connectivity index is 1.46. The molecular weight excluding hydrogens is 393 g/mol. The molecule has 6 nitrogen and oxygen atoms in total. The zero-order valence-electron chi connectivity index (χ0n) is 15.6. The predicted molar refractivity (Wildman–Crippen MR) is 107 cm³/mol. The number of carbonyl (C=O) groups is 1. The predicted octanol–water partition coefficient (Wildman–Crippen LogP) is 2.76. The molecule has 1 aromatic heterocycles. The summed E-state index contributed by atoms with van der Waals surface area (Å²) in [5, 5.41) is 0. The third-order valence-corrected chi connectivity index (χ3v) is 6.85. The molecule has 0 saturated carbocycles. The topological polar surface area (TPSA) is 62.6 Å².